The van der Waals surface area contributed by atoms with E-state index in [9.17, 15) is 0 Å². The van der Waals surface area contributed by atoms with Crippen LogP contribution in [-0.2, 0) is 5.41 Å². The van der Waals surface area contributed by atoms with Gasteiger partial charge in [-0.25, -0.2) is 9.97 Å². The number of hydrogen-bond acceptors (Lipinski definition) is 3. The molecule has 0 fully saturated rings. The Morgan fingerprint density at radius 2 is 0.839 bits per heavy atom. The van der Waals surface area contributed by atoms with Crippen molar-refractivity contribution in [1.29, 1.82) is 0 Å². The highest BCUT2D eigenvalue weighted by Crippen LogP contribution is 2.56. The predicted molar refractivity (Wildman–Crippen MR) is 259 cm³/mol. The summed E-state index contributed by atoms with van der Waals surface area (Å²) in [7, 11) is 0. The minimum Gasteiger partial charge on any atom is -0.228 e. The predicted octanol–water partition coefficient (Wildman–Crippen LogP) is 15.5. The van der Waals surface area contributed by atoms with Crippen molar-refractivity contribution in [2.24, 2.45) is 0 Å². The van der Waals surface area contributed by atoms with Gasteiger partial charge in [-0.15, -0.1) is 11.3 Å². The van der Waals surface area contributed by atoms with Crippen molar-refractivity contribution < 1.29 is 0 Å². The van der Waals surface area contributed by atoms with Gasteiger partial charge >= 0.3 is 0 Å². The first-order valence-electron chi connectivity index (χ1n) is 21.1. The van der Waals surface area contributed by atoms with Crippen molar-refractivity contribution in [3.05, 3.63) is 253 Å². The first-order valence-corrected chi connectivity index (χ1v) is 22.0. The van der Waals surface area contributed by atoms with Crippen molar-refractivity contribution in [2.45, 2.75) is 5.41 Å². The highest BCUT2D eigenvalue weighted by molar-refractivity contribution is 7.25. The molecule has 0 spiro atoms. The molecular weight excluding hydrogens is 769 g/mol. The van der Waals surface area contributed by atoms with Crippen molar-refractivity contribution in [1.82, 2.24) is 9.97 Å². The van der Waals surface area contributed by atoms with Crippen LogP contribution in [0.25, 0.3) is 87.5 Å². The first kappa shape index (κ1) is 36.2. The van der Waals surface area contributed by atoms with Gasteiger partial charge in [-0.05, 0) is 79.9 Å². The van der Waals surface area contributed by atoms with Crippen LogP contribution in [0, 0.1) is 0 Å². The maximum absolute atomic E-state index is 5.46. The molecule has 2 nitrogen and oxygen atoms in total. The fourth-order valence-electron chi connectivity index (χ4n) is 9.75. The summed E-state index contributed by atoms with van der Waals surface area (Å²) in [5.74, 6) is 0.692. The SMILES string of the molecule is c1ccc(-c2ccccc2-c2nc(-c3ccc(-c4ccc5c(c4)sc4ccccc45)cc3)cc(-c3ccc4c(c3)C(c3ccccc3)(c3ccccc3)c3ccccc3-4)n2)cc1. The van der Waals surface area contributed by atoms with Crippen molar-refractivity contribution >= 4 is 31.5 Å². The van der Waals surface area contributed by atoms with Gasteiger partial charge in [0.25, 0.3) is 0 Å². The molecule has 1 aliphatic carbocycles. The molecule has 2 aromatic heterocycles. The van der Waals surface area contributed by atoms with E-state index < -0.39 is 5.41 Å². The summed E-state index contributed by atoms with van der Waals surface area (Å²) < 4.78 is 2.62. The Morgan fingerprint density at radius 1 is 0.306 bits per heavy atom. The lowest BCUT2D eigenvalue weighted by Gasteiger charge is -2.34. The van der Waals surface area contributed by atoms with E-state index in [2.05, 4.69) is 231 Å². The normalized spacial score (nSPS) is 12.6. The zero-order valence-corrected chi connectivity index (χ0v) is 34.6. The molecular formula is C59H38N2S. The maximum Gasteiger partial charge on any atom is 0.161 e. The molecule has 0 saturated carbocycles. The minimum atomic E-state index is -0.516. The highest BCUT2D eigenvalue weighted by atomic mass is 32.1. The Balaban J connectivity index is 1.04. The summed E-state index contributed by atoms with van der Waals surface area (Å²) >= 11 is 1.85. The quantitative estimate of drug-likeness (QED) is 0.160. The third kappa shape index (κ3) is 5.85. The Morgan fingerprint density at radius 3 is 1.58 bits per heavy atom. The summed E-state index contributed by atoms with van der Waals surface area (Å²) in [6.45, 7) is 0. The second kappa shape index (κ2) is 14.8. The lowest BCUT2D eigenvalue weighted by Crippen LogP contribution is -2.28. The van der Waals surface area contributed by atoms with Gasteiger partial charge in [0.05, 0.1) is 16.8 Å². The molecule has 2 heterocycles. The van der Waals surface area contributed by atoms with Gasteiger partial charge in [0, 0.05) is 36.9 Å². The Bertz CT molecular complexity index is 3400. The zero-order valence-electron chi connectivity index (χ0n) is 33.7. The van der Waals surface area contributed by atoms with Crippen LogP contribution >= 0.6 is 11.3 Å². The van der Waals surface area contributed by atoms with E-state index in [1.165, 1.54) is 64.7 Å². The molecule has 0 radical (unpaired) electrons. The maximum atomic E-state index is 5.46. The van der Waals surface area contributed by atoms with E-state index in [0.717, 1.165) is 39.2 Å². The second-order valence-corrected chi connectivity index (χ2v) is 17.1. The van der Waals surface area contributed by atoms with Crippen LogP contribution in [0.1, 0.15) is 22.3 Å². The molecule has 0 unspecified atom stereocenters. The first-order chi connectivity index (χ1) is 30.7. The molecule has 11 aromatic rings. The molecule has 3 heteroatoms. The molecule has 12 rings (SSSR count). The summed E-state index contributed by atoms with van der Waals surface area (Å²) in [6.07, 6.45) is 0. The van der Waals surface area contributed by atoms with Crippen LogP contribution < -0.4 is 0 Å². The molecule has 0 aliphatic heterocycles. The summed E-state index contributed by atoms with van der Waals surface area (Å²) in [5, 5.41) is 2.63. The zero-order chi connectivity index (χ0) is 41.0. The average Bonchev–Trinajstić information content (AvgIpc) is 3.88. The number of nitrogens with zero attached hydrogens (tertiary/aromatic N) is 2. The monoisotopic (exact) mass is 806 g/mol. The fraction of sp³-hybridized carbons (Fsp3) is 0.0169. The number of aromatic nitrogens is 2. The third-order valence-electron chi connectivity index (χ3n) is 12.6. The van der Waals surface area contributed by atoms with Gasteiger partial charge in [0.15, 0.2) is 5.82 Å². The minimum absolute atomic E-state index is 0.516. The summed E-state index contributed by atoms with van der Waals surface area (Å²) in [5.41, 5.74) is 16.4. The number of rotatable bonds is 7. The fourth-order valence-corrected chi connectivity index (χ4v) is 10.9. The van der Waals surface area contributed by atoms with Gasteiger partial charge in [-0.2, -0.15) is 0 Å². The number of hydrogen-bond donors (Lipinski definition) is 0. The smallest absolute Gasteiger partial charge is 0.161 e. The molecule has 1 aliphatic rings. The number of thiophene rings is 1. The van der Waals surface area contributed by atoms with Crippen LogP contribution in [0.5, 0.6) is 0 Å². The summed E-state index contributed by atoms with van der Waals surface area (Å²) in [4.78, 5) is 10.8. The van der Waals surface area contributed by atoms with E-state index in [1.54, 1.807) is 0 Å². The van der Waals surface area contributed by atoms with Gasteiger partial charge in [0.1, 0.15) is 0 Å². The molecule has 290 valence electrons. The Hall–Kier alpha value is -7.72. The average molecular weight is 807 g/mol. The van der Waals surface area contributed by atoms with E-state index in [0.29, 0.717) is 5.82 Å². The molecule has 9 aromatic carbocycles. The van der Waals surface area contributed by atoms with Gasteiger partial charge < -0.3 is 0 Å². The lowest BCUT2D eigenvalue weighted by atomic mass is 9.67. The van der Waals surface area contributed by atoms with Crippen LogP contribution in [0.3, 0.4) is 0 Å². The number of fused-ring (bicyclic) bond motifs is 6. The van der Waals surface area contributed by atoms with E-state index in [-0.39, 0.29) is 0 Å². The van der Waals surface area contributed by atoms with Crippen LogP contribution in [-0.4, -0.2) is 9.97 Å². The van der Waals surface area contributed by atoms with Crippen molar-refractivity contribution in [2.75, 3.05) is 0 Å². The summed E-state index contributed by atoms with van der Waals surface area (Å²) in [6, 6.07) is 83.4. The molecule has 0 amide bonds. The molecule has 0 saturated heterocycles. The standard InChI is InChI=1S/C59H38N2S/c1-4-16-40(17-5-1)46-22-10-11-25-51(46)58-60-54(41-30-28-39(29-31-41)42-32-35-50-49-24-13-15-27-56(49)62-57(50)37-42)38-55(61-58)43-33-34-48-47-23-12-14-26-52(47)59(53(48)36-43,44-18-6-2-7-19-44)45-20-8-3-9-21-45/h1-38H. The van der Waals surface area contributed by atoms with E-state index in [4.69, 9.17) is 9.97 Å². The van der Waals surface area contributed by atoms with Crippen LogP contribution in [0.4, 0.5) is 0 Å². The molecule has 0 N–H and O–H groups in total. The second-order valence-electron chi connectivity index (χ2n) is 16.0. The molecule has 0 atom stereocenters. The highest BCUT2D eigenvalue weighted by Gasteiger charge is 2.46. The third-order valence-corrected chi connectivity index (χ3v) is 13.8. The largest absolute Gasteiger partial charge is 0.228 e. The van der Waals surface area contributed by atoms with E-state index >= 15 is 0 Å². The van der Waals surface area contributed by atoms with E-state index in [1.807, 2.05) is 11.3 Å². The topological polar surface area (TPSA) is 25.8 Å². The van der Waals surface area contributed by atoms with Crippen molar-refractivity contribution in [3.8, 4) is 67.3 Å². The van der Waals surface area contributed by atoms with Crippen molar-refractivity contribution in [3.63, 3.8) is 0 Å². The van der Waals surface area contributed by atoms with Gasteiger partial charge in [-0.1, -0.05) is 206 Å². The molecule has 0 bridgehead atoms. The molecule has 62 heavy (non-hydrogen) atoms. The van der Waals surface area contributed by atoms with Gasteiger partial charge in [0.2, 0.25) is 0 Å². The van der Waals surface area contributed by atoms with Gasteiger partial charge in [-0.3, -0.25) is 0 Å². The Labute approximate surface area is 365 Å². The number of benzene rings is 9. The van der Waals surface area contributed by atoms with Crippen LogP contribution in [0.15, 0.2) is 231 Å². The lowest BCUT2D eigenvalue weighted by molar-refractivity contribution is 0.768. The Kier molecular flexibility index (Phi) is 8.62. The van der Waals surface area contributed by atoms with Crippen LogP contribution in [0.2, 0.25) is 0 Å².